The van der Waals surface area contributed by atoms with Crippen LogP contribution in [0, 0.1) is 0 Å². The van der Waals surface area contributed by atoms with Gasteiger partial charge in [-0.05, 0) is 24.2 Å². The number of aryl methyl sites for hydroxylation is 1. The molecule has 2 heterocycles. The van der Waals surface area contributed by atoms with Crippen molar-refractivity contribution in [2.75, 3.05) is 26.8 Å². The smallest absolute Gasteiger partial charge is 0.230 e. The fourth-order valence-corrected chi connectivity index (χ4v) is 4.17. The number of ether oxygens (including phenoxy) is 1. The molecule has 2 aromatic heterocycles. The van der Waals surface area contributed by atoms with Crippen LogP contribution < -0.4 is 4.74 Å². The van der Waals surface area contributed by atoms with E-state index < -0.39 is 0 Å². The number of nitrogens with zero attached hydrogens (tertiary/aromatic N) is 4. The summed E-state index contributed by atoms with van der Waals surface area (Å²) in [7, 11) is 1.63. The van der Waals surface area contributed by atoms with Crippen LogP contribution in [0.25, 0.3) is 4.96 Å². The summed E-state index contributed by atoms with van der Waals surface area (Å²) in [4.78, 5) is 8.03. The number of fused-ring (bicyclic) bond motifs is 1. The number of rotatable bonds is 8. The van der Waals surface area contributed by atoms with Crippen LogP contribution in [0.2, 0.25) is 0 Å². The number of likely N-dealkylation sites (N-methyl/N-ethyl adjacent to an activating group) is 1. The molecular weight excluding hydrogens is 352 g/mol. The third-order valence-corrected chi connectivity index (χ3v) is 5.47. The zero-order chi connectivity index (χ0) is 18.7. The predicted octanol–water partition coefficient (Wildman–Crippen LogP) is 2.47. The van der Waals surface area contributed by atoms with E-state index in [9.17, 15) is 10.2 Å². The Balaban J connectivity index is 2.09. The largest absolute Gasteiger partial charge is 0.497 e. The molecule has 0 saturated heterocycles. The van der Waals surface area contributed by atoms with Crippen LogP contribution in [0.15, 0.2) is 24.3 Å². The molecule has 1 atom stereocenters. The normalized spacial score (nSPS) is 12.8. The second kappa shape index (κ2) is 8.03. The maximum Gasteiger partial charge on any atom is 0.230 e. The van der Waals surface area contributed by atoms with Gasteiger partial charge in [-0.25, -0.2) is 4.98 Å². The van der Waals surface area contributed by atoms with E-state index in [-0.39, 0.29) is 18.5 Å². The van der Waals surface area contributed by atoms with Crippen LogP contribution in [0.3, 0.4) is 0 Å². The highest BCUT2D eigenvalue weighted by Crippen LogP contribution is 2.40. The Hall–Kier alpha value is -2.16. The van der Waals surface area contributed by atoms with Crippen molar-refractivity contribution < 1.29 is 14.9 Å². The number of hydrogen-bond donors (Lipinski definition) is 2. The minimum absolute atomic E-state index is 0.0437. The Labute approximate surface area is 156 Å². The molecule has 0 amide bonds. The molecule has 1 aromatic carbocycles. The molecule has 7 nitrogen and oxygen atoms in total. The Kier molecular flexibility index (Phi) is 5.75. The van der Waals surface area contributed by atoms with E-state index in [1.165, 1.54) is 15.9 Å². The zero-order valence-electron chi connectivity index (χ0n) is 15.2. The van der Waals surface area contributed by atoms with Gasteiger partial charge >= 0.3 is 0 Å². The molecule has 0 bridgehead atoms. The fraction of sp³-hybridized carbons (Fsp3) is 0.444. The van der Waals surface area contributed by atoms with Crippen molar-refractivity contribution >= 4 is 16.3 Å². The minimum Gasteiger partial charge on any atom is -0.497 e. The van der Waals surface area contributed by atoms with E-state index in [0.717, 1.165) is 29.2 Å². The summed E-state index contributed by atoms with van der Waals surface area (Å²) in [6.07, 6.45) is 0.719. The second-order valence-electron chi connectivity index (χ2n) is 5.89. The highest BCUT2D eigenvalue weighted by atomic mass is 32.1. The first-order chi connectivity index (χ1) is 12.6. The maximum absolute atomic E-state index is 10.8. The first-order valence-corrected chi connectivity index (χ1v) is 9.50. The minimum atomic E-state index is -0.198. The third kappa shape index (κ3) is 3.40. The summed E-state index contributed by atoms with van der Waals surface area (Å²) in [5.41, 5.74) is 1.01. The van der Waals surface area contributed by atoms with Crippen molar-refractivity contribution in [3.8, 4) is 11.6 Å². The quantitative estimate of drug-likeness (QED) is 0.628. The molecule has 2 N–H and O–H groups in total. The van der Waals surface area contributed by atoms with Crippen LogP contribution in [0.4, 0.5) is 0 Å². The Morgan fingerprint density at radius 2 is 2.00 bits per heavy atom. The van der Waals surface area contributed by atoms with Crippen molar-refractivity contribution in [1.29, 1.82) is 0 Å². The molecule has 0 aliphatic heterocycles. The molecule has 0 fully saturated rings. The Morgan fingerprint density at radius 1 is 1.27 bits per heavy atom. The van der Waals surface area contributed by atoms with Gasteiger partial charge in [0.25, 0.3) is 0 Å². The van der Waals surface area contributed by atoms with E-state index in [1.807, 2.05) is 38.1 Å². The van der Waals surface area contributed by atoms with Crippen LogP contribution >= 0.6 is 11.3 Å². The van der Waals surface area contributed by atoms with Crippen LogP contribution in [-0.4, -0.2) is 56.5 Å². The maximum atomic E-state index is 10.8. The van der Waals surface area contributed by atoms with Crippen molar-refractivity contribution in [3.63, 3.8) is 0 Å². The SMILES string of the molecule is CCc1nc2sc(C(c3ccc(OC)cc3)N(CC)CCO)c(O)n2n1. The molecule has 0 spiro atoms. The van der Waals surface area contributed by atoms with Gasteiger partial charge in [-0.3, -0.25) is 4.90 Å². The highest BCUT2D eigenvalue weighted by Gasteiger charge is 2.28. The van der Waals surface area contributed by atoms with Gasteiger partial charge in [0.1, 0.15) is 5.75 Å². The number of aromatic nitrogens is 3. The number of hydrogen-bond acceptors (Lipinski definition) is 7. The molecule has 0 radical (unpaired) electrons. The number of benzene rings is 1. The van der Waals surface area contributed by atoms with E-state index >= 15 is 0 Å². The summed E-state index contributed by atoms with van der Waals surface area (Å²) in [5, 5.41) is 24.6. The van der Waals surface area contributed by atoms with Gasteiger partial charge in [-0.15, -0.1) is 5.10 Å². The molecular formula is C18H24N4O3S. The van der Waals surface area contributed by atoms with Crippen LogP contribution in [0.5, 0.6) is 11.6 Å². The van der Waals surface area contributed by atoms with Crippen molar-refractivity contribution in [1.82, 2.24) is 19.5 Å². The lowest BCUT2D eigenvalue weighted by molar-refractivity contribution is 0.174. The lowest BCUT2D eigenvalue weighted by atomic mass is 10.0. The van der Waals surface area contributed by atoms with Gasteiger partial charge in [-0.1, -0.05) is 37.3 Å². The fourth-order valence-electron chi connectivity index (χ4n) is 3.03. The first-order valence-electron chi connectivity index (χ1n) is 8.69. The van der Waals surface area contributed by atoms with E-state index in [1.54, 1.807) is 7.11 Å². The number of aliphatic hydroxyl groups is 1. The lowest BCUT2D eigenvalue weighted by Gasteiger charge is -2.29. The Morgan fingerprint density at radius 3 is 2.54 bits per heavy atom. The molecule has 3 aromatic rings. The third-order valence-electron chi connectivity index (χ3n) is 4.40. The molecule has 0 aliphatic carbocycles. The highest BCUT2D eigenvalue weighted by molar-refractivity contribution is 7.17. The number of thiazole rings is 1. The molecule has 1 unspecified atom stereocenters. The monoisotopic (exact) mass is 376 g/mol. The van der Waals surface area contributed by atoms with Gasteiger partial charge in [0, 0.05) is 13.0 Å². The van der Waals surface area contributed by atoms with Crippen molar-refractivity contribution in [3.05, 3.63) is 40.5 Å². The molecule has 26 heavy (non-hydrogen) atoms. The molecule has 8 heteroatoms. The predicted molar refractivity (Wildman–Crippen MR) is 101 cm³/mol. The van der Waals surface area contributed by atoms with Crippen LogP contribution in [-0.2, 0) is 6.42 Å². The van der Waals surface area contributed by atoms with Gasteiger partial charge in [0.15, 0.2) is 5.82 Å². The molecule has 140 valence electrons. The first kappa shape index (κ1) is 18.6. The Bertz CT molecular complexity index is 859. The lowest BCUT2D eigenvalue weighted by Crippen LogP contribution is -2.31. The number of methoxy groups -OCH3 is 1. The zero-order valence-corrected chi connectivity index (χ0v) is 16.0. The summed E-state index contributed by atoms with van der Waals surface area (Å²) < 4.78 is 6.75. The molecule has 3 rings (SSSR count). The van der Waals surface area contributed by atoms with Crippen molar-refractivity contribution in [2.45, 2.75) is 26.3 Å². The average molecular weight is 376 g/mol. The molecule has 0 aliphatic rings. The summed E-state index contributed by atoms with van der Waals surface area (Å²) in [6, 6.07) is 7.57. The van der Waals surface area contributed by atoms with E-state index in [2.05, 4.69) is 15.0 Å². The van der Waals surface area contributed by atoms with Crippen molar-refractivity contribution in [2.24, 2.45) is 0 Å². The summed E-state index contributed by atoms with van der Waals surface area (Å²) in [5.74, 6) is 1.59. The number of aliphatic hydroxyl groups excluding tert-OH is 1. The molecule has 0 saturated carbocycles. The topological polar surface area (TPSA) is 83.1 Å². The van der Waals surface area contributed by atoms with E-state index in [0.29, 0.717) is 17.3 Å². The van der Waals surface area contributed by atoms with Gasteiger partial charge < -0.3 is 14.9 Å². The standard InChI is InChI=1S/C18H24N4O3S/c1-4-14-19-18-22(20-14)17(24)16(26-18)15(21(5-2)10-11-23)12-6-8-13(25-3)9-7-12/h6-9,15,23-24H,4-5,10-11H2,1-3H3. The van der Waals surface area contributed by atoms with Gasteiger partial charge in [0.05, 0.1) is 24.6 Å². The van der Waals surface area contributed by atoms with E-state index in [4.69, 9.17) is 4.74 Å². The van der Waals surface area contributed by atoms with Gasteiger partial charge in [-0.2, -0.15) is 4.52 Å². The van der Waals surface area contributed by atoms with Gasteiger partial charge in [0.2, 0.25) is 10.8 Å². The number of aromatic hydroxyl groups is 1. The summed E-state index contributed by atoms with van der Waals surface area (Å²) >= 11 is 1.43. The van der Waals surface area contributed by atoms with Crippen LogP contribution in [0.1, 0.15) is 36.2 Å². The summed E-state index contributed by atoms with van der Waals surface area (Å²) in [6.45, 7) is 5.29. The second-order valence-corrected chi connectivity index (χ2v) is 6.90. The average Bonchev–Trinajstić information content (AvgIpc) is 3.21.